The molecular formula is C16H13NO6. The highest BCUT2D eigenvalue weighted by molar-refractivity contribution is 6.11. The number of Topliss-reactive ketones (excluding diaryl/α,β-unsaturated/α-hetero) is 1. The van der Waals surface area contributed by atoms with E-state index in [1.54, 1.807) is 12.1 Å². The molecule has 0 aromatic heterocycles. The number of nitrogens with one attached hydrogen (secondary N) is 1. The van der Waals surface area contributed by atoms with E-state index in [1.807, 2.05) is 0 Å². The number of carbonyl (C=O) groups excluding carboxylic acids is 1. The standard InChI is InChI=1S/C16H13NO6/c18-5-8-1-10(16(20)21)17-15-9-4-13-12(22-6-23-13)3-7(9)2-11(19)14(8)15/h1,3-4,10,17-18H,2,5-6H2,(H,20,21). The maximum atomic E-state index is 12.5. The molecule has 2 heterocycles. The molecule has 0 saturated carbocycles. The molecule has 0 radical (unpaired) electrons. The van der Waals surface area contributed by atoms with Crippen LogP contribution in [0.15, 0.2) is 29.4 Å². The van der Waals surface area contributed by atoms with Crippen molar-refractivity contribution in [2.24, 2.45) is 0 Å². The SMILES string of the molecule is O=C1Cc2cc3c(cc2C2=C1C(CO)=CC(C(=O)O)N2)OCO3. The van der Waals surface area contributed by atoms with E-state index in [0.717, 1.165) is 5.56 Å². The number of aliphatic carboxylic acids is 1. The molecule has 1 aromatic carbocycles. The third kappa shape index (κ3) is 2.01. The predicted octanol–water partition coefficient (Wildman–Crippen LogP) is 0.227. The van der Waals surface area contributed by atoms with Gasteiger partial charge in [0.2, 0.25) is 6.79 Å². The Morgan fingerprint density at radius 3 is 2.74 bits per heavy atom. The molecule has 23 heavy (non-hydrogen) atoms. The molecule has 4 rings (SSSR count). The summed E-state index contributed by atoms with van der Waals surface area (Å²) in [5.74, 6) is -0.117. The highest BCUT2D eigenvalue weighted by Gasteiger charge is 2.35. The lowest BCUT2D eigenvalue weighted by Gasteiger charge is -2.30. The van der Waals surface area contributed by atoms with Gasteiger partial charge < -0.3 is 25.0 Å². The first-order chi connectivity index (χ1) is 11.1. The van der Waals surface area contributed by atoms with Crippen molar-refractivity contribution in [1.29, 1.82) is 0 Å². The molecule has 1 aromatic rings. The minimum absolute atomic E-state index is 0.116. The van der Waals surface area contributed by atoms with E-state index < -0.39 is 18.6 Å². The van der Waals surface area contributed by atoms with E-state index in [4.69, 9.17) is 9.47 Å². The van der Waals surface area contributed by atoms with E-state index in [-0.39, 0.29) is 19.0 Å². The highest BCUT2D eigenvalue weighted by Crippen LogP contribution is 2.41. The first-order valence-corrected chi connectivity index (χ1v) is 7.10. The number of hydrogen-bond acceptors (Lipinski definition) is 6. The number of carboxylic acids is 1. The van der Waals surface area contributed by atoms with Gasteiger partial charge in [-0.05, 0) is 29.3 Å². The van der Waals surface area contributed by atoms with Gasteiger partial charge >= 0.3 is 5.97 Å². The van der Waals surface area contributed by atoms with Crippen molar-refractivity contribution in [3.63, 3.8) is 0 Å². The quantitative estimate of drug-likeness (QED) is 0.717. The van der Waals surface area contributed by atoms with Gasteiger partial charge in [-0.15, -0.1) is 0 Å². The van der Waals surface area contributed by atoms with Crippen molar-refractivity contribution >= 4 is 17.4 Å². The fourth-order valence-electron chi connectivity index (χ4n) is 3.13. The molecule has 118 valence electrons. The monoisotopic (exact) mass is 315 g/mol. The van der Waals surface area contributed by atoms with Crippen LogP contribution in [0.3, 0.4) is 0 Å². The van der Waals surface area contributed by atoms with Crippen molar-refractivity contribution < 1.29 is 29.3 Å². The number of carbonyl (C=O) groups is 2. The summed E-state index contributed by atoms with van der Waals surface area (Å²) < 4.78 is 10.7. The number of dihydropyridines is 1. The summed E-state index contributed by atoms with van der Waals surface area (Å²) >= 11 is 0. The zero-order valence-electron chi connectivity index (χ0n) is 12.0. The molecular weight excluding hydrogens is 302 g/mol. The number of hydrogen-bond donors (Lipinski definition) is 3. The summed E-state index contributed by atoms with van der Waals surface area (Å²) in [5, 5.41) is 21.7. The normalized spacial score (nSPS) is 21.3. The Kier molecular flexibility index (Phi) is 2.92. The highest BCUT2D eigenvalue weighted by atomic mass is 16.7. The van der Waals surface area contributed by atoms with E-state index in [0.29, 0.717) is 33.9 Å². The third-order valence-electron chi connectivity index (χ3n) is 4.17. The zero-order chi connectivity index (χ0) is 16.1. The Morgan fingerprint density at radius 1 is 1.30 bits per heavy atom. The average molecular weight is 315 g/mol. The predicted molar refractivity (Wildman–Crippen MR) is 77.9 cm³/mol. The molecule has 2 aliphatic heterocycles. The van der Waals surface area contributed by atoms with Gasteiger partial charge in [-0.3, -0.25) is 4.79 Å². The number of rotatable bonds is 2. The van der Waals surface area contributed by atoms with Crippen LogP contribution in [-0.4, -0.2) is 41.4 Å². The lowest BCUT2D eigenvalue weighted by Crippen LogP contribution is -2.40. The van der Waals surface area contributed by atoms with Gasteiger partial charge in [0.25, 0.3) is 0 Å². The van der Waals surface area contributed by atoms with Gasteiger partial charge in [-0.1, -0.05) is 0 Å². The first kappa shape index (κ1) is 13.8. The molecule has 3 aliphatic rings. The molecule has 3 N–H and O–H groups in total. The van der Waals surface area contributed by atoms with Gasteiger partial charge in [-0.25, -0.2) is 4.79 Å². The second kappa shape index (κ2) is 4.85. The Hall–Kier alpha value is -2.80. The summed E-state index contributed by atoms with van der Waals surface area (Å²) in [7, 11) is 0. The number of benzene rings is 1. The summed E-state index contributed by atoms with van der Waals surface area (Å²) in [5.41, 5.74) is 2.55. The average Bonchev–Trinajstić information content (AvgIpc) is 2.99. The lowest BCUT2D eigenvalue weighted by molar-refractivity contribution is -0.138. The molecule has 1 aliphatic carbocycles. The van der Waals surface area contributed by atoms with Crippen LogP contribution in [0, 0.1) is 0 Å². The van der Waals surface area contributed by atoms with Crippen LogP contribution in [0.5, 0.6) is 11.5 Å². The molecule has 7 heteroatoms. The van der Waals surface area contributed by atoms with Crippen molar-refractivity contribution in [2.75, 3.05) is 13.4 Å². The van der Waals surface area contributed by atoms with Crippen molar-refractivity contribution in [3.05, 3.63) is 40.5 Å². The maximum absolute atomic E-state index is 12.5. The van der Waals surface area contributed by atoms with E-state index in [2.05, 4.69) is 5.32 Å². The van der Waals surface area contributed by atoms with Crippen LogP contribution in [0.4, 0.5) is 0 Å². The Balaban J connectivity index is 1.90. The van der Waals surface area contributed by atoms with Crippen LogP contribution in [-0.2, 0) is 16.0 Å². The fourth-order valence-corrected chi connectivity index (χ4v) is 3.13. The number of aliphatic hydroxyl groups excluding tert-OH is 1. The Bertz CT molecular complexity index is 807. The second-order valence-corrected chi connectivity index (χ2v) is 5.52. The van der Waals surface area contributed by atoms with Crippen molar-refractivity contribution in [2.45, 2.75) is 12.5 Å². The second-order valence-electron chi connectivity index (χ2n) is 5.52. The molecule has 7 nitrogen and oxygen atoms in total. The fraction of sp³-hybridized carbons (Fsp3) is 0.250. The van der Waals surface area contributed by atoms with Gasteiger partial charge in [0.1, 0.15) is 6.04 Å². The first-order valence-electron chi connectivity index (χ1n) is 7.10. The molecule has 0 saturated heterocycles. The number of ketones is 1. The number of fused-ring (bicyclic) bond motifs is 3. The van der Waals surface area contributed by atoms with E-state index in [1.165, 1.54) is 6.08 Å². The molecule has 0 fully saturated rings. The molecule has 0 amide bonds. The largest absolute Gasteiger partial charge is 0.479 e. The van der Waals surface area contributed by atoms with E-state index >= 15 is 0 Å². The summed E-state index contributed by atoms with van der Waals surface area (Å²) in [6.45, 7) is -0.277. The number of ether oxygens (including phenoxy) is 2. The minimum atomic E-state index is -1.08. The van der Waals surface area contributed by atoms with Crippen molar-refractivity contribution in [3.8, 4) is 11.5 Å². The van der Waals surface area contributed by atoms with Crippen LogP contribution in [0.2, 0.25) is 0 Å². The van der Waals surface area contributed by atoms with Crippen LogP contribution in [0.1, 0.15) is 11.1 Å². The molecule has 1 unspecified atom stereocenters. The maximum Gasteiger partial charge on any atom is 0.330 e. The van der Waals surface area contributed by atoms with Crippen molar-refractivity contribution in [1.82, 2.24) is 5.32 Å². The molecule has 1 atom stereocenters. The van der Waals surface area contributed by atoms with Gasteiger partial charge in [0.05, 0.1) is 12.3 Å². The zero-order valence-corrected chi connectivity index (χ0v) is 12.0. The van der Waals surface area contributed by atoms with Crippen LogP contribution in [0.25, 0.3) is 5.70 Å². The van der Waals surface area contributed by atoms with Gasteiger partial charge in [0.15, 0.2) is 17.3 Å². The molecule has 0 spiro atoms. The lowest BCUT2D eigenvalue weighted by atomic mass is 9.82. The minimum Gasteiger partial charge on any atom is -0.479 e. The number of carboxylic acid groups (broad SMARTS) is 1. The number of aliphatic hydroxyl groups is 1. The van der Waals surface area contributed by atoms with Gasteiger partial charge in [0, 0.05) is 17.6 Å². The van der Waals surface area contributed by atoms with Crippen LogP contribution >= 0.6 is 0 Å². The topological polar surface area (TPSA) is 105 Å². The summed E-state index contributed by atoms with van der Waals surface area (Å²) in [6.07, 6.45) is 1.54. The Labute approximate surface area is 130 Å². The summed E-state index contributed by atoms with van der Waals surface area (Å²) in [4.78, 5) is 23.8. The smallest absolute Gasteiger partial charge is 0.330 e. The Morgan fingerprint density at radius 2 is 2.04 bits per heavy atom. The van der Waals surface area contributed by atoms with Crippen LogP contribution < -0.4 is 14.8 Å². The third-order valence-corrected chi connectivity index (χ3v) is 4.17. The van der Waals surface area contributed by atoms with Gasteiger partial charge in [-0.2, -0.15) is 0 Å². The summed E-state index contributed by atoms with van der Waals surface area (Å²) in [6, 6.07) is 2.49. The van der Waals surface area contributed by atoms with E-state index in [9.17, 15) is 19.8 Å². The molecule has 0 bridgehead atoms.